The molecule has 114 valence electrons. The fraction of sp³-hybridized carbons (Fsp3) is 0.429. The SMILES string of the molecule is CCS(=O)(=O)OCCCCN1C(=O)c2ccccc2C1=O. The van der Waals surface area contributed by atoms with Gasteiger partial charge in [0, 0.05) is 6.54 Å². The van der Waals surface area contributed by atoms with Crippen molar-refractivity contribution in [1.29, 1.82) is 0 Å². The summed E-state index contributed by atoms with van der Waals surface area (Å²) >= 11 is 0. The predicted octanol–water partition coefficient (Wildman–Crippen LogP) is 1.43. The summed E-state index contributed by atoms with van der Waals surface area (Å²) in [6.07, 6.45) is 0.970. The highest BCUT2D eigenvalue weighted by Crippen LogP contribution is 2.22. The van der Waals surface area contributed by atoms with Gasteiger partial charge in [-0.2, -0.15) is 8.42 Å². The summed E-state index contributed by atoms with van der Waals surface area (Å²) in [5.74, 6) is -0.652. The molecule has 0 bridgehead atoms. The third-order valence-electron chi connectivity index (χ3n) is 3.27. The second-order valence-corrected chi connectivity index (χ2v) is 6.61. The molecule has 0 radical (unpaired) electrons. The smallest absolute Gasteiger partial charge is 0.267 e. The lowest BCUT2D eigenvalue weighted by atomic mass is 10.1. The molecular weight excluding hydrogens is 294 g/mol. The number of rotatable bonds is 7. The van der Waals surface area contributed by atoms with E-state index < -0.39 is 10.1 Å². The zero-order valence-corrected chi connectivity index (χ0v) is 12.6. The lowest BCUT2D eigenvalue weighted by Gasteiger charge is -2.13. The molecule has 0 N–H and O–H groups in total. The van der Waals surface area contributed by atoms with Gasteiger partial charge in [0.1, 0.15) is 0 Å². The Morgan fingerprint density at radius 1 is 1.05 bits per heavy atom. The topological polar surface area (TPSA) is 80.8 Å². The van der Waals surface area contributed by atoms with E-state index in [0.29, 0.717) is 24.0 Å². The number of imide groups is 1. The lowest BCUT2D eigenvalue weighted by Crippen LogP contribution is -2.30. The van der Waals surface area contributed by atoms with Gasteiger partial charge in [0.05, 0.1) is 23.5 Å². The van der Waals surface area contributed by atoms with Crippen LogP contribution in [0.25, 0.3) is 0 Å². The van der Waals surface area contributed by atoms with Crippen molar-refractivity contribution in [1.82, 2.24) is 4.90 Å². The van der Waals surface area contributed by atoms with Crippen molar-refractivity contribution in [2.24, 2.45) is 0 Å². The number of hydrogen-bond acceptors (Lipinski definition) is 5. The van der Waals surface area contributed by atoms with E-state index in [0.717, 1.165) is 0 Å². The Labute approximate surface area is 123 Å². The number of hydrogen-bond donors (Lipinski definition) is 0. The first-order valence-electron chi connectivity index (χ1n) is 6.78. The van der Waals surface area contributed by atoms with E-state index >= 15 is 0 Å². The monoisotopic (exact) mass is 311 g/mol. The molecule has 1 heterocycles. The van der Waals surface area contributed by atoms with E-state index in [4.69, 9.17) is 4.18 Å². The van der Waals surface area contributed by atoms with E-state index in [9.17, 15) is 18.0 Å². The van der Waals surface area contributed by atoms with Crippen LogP contribution >= 0.6 is 0 Å². The molecule has 0 unspecified atom stereocenters. The molecule has 21 heavy (non-hydrogen) atoms. The van der Waals surface area contributed by atoms with Crippen LogP contribution in [0.2, 0.25) is 0 Å². The van der Waals surface area contributed by atoms with Crippen LogP contribution in [0.3, 0.4) is 0 Å². The second kappa shape index (κ2) is 6.36. The fourth-order valence-electron chi connectivity index (χ4n) is 2.08. The van der Waals surface area contributed by atoms with Crippen molar-refractivity contribution < 1.29 is 22.2 Å². The average Bonchev–Trinajstić information content (AvgIpc) is 2.72. The summed E-state index contributed by atoms with van der Waals surface area (Å²) in [5, 5.41) is 0. The molecular formula is C14H17NO5S. The van der Waals surface area contributed by atoms with Gasteiger partial charge in [0.15, 0.2) is 0 Å². The van der Waals surface area contributed by atoms with Crippen LogP contribution in [0.15, 0.2) is 24.3 Å². The molecule has 1 aliphatic heterocycles. The highest BCUT2D eigenvalue weighted by atomic mass is 32.2. The normalized spacial score (nSPS) is 14.6. The lowest BCUT2D eigenvalue weighted by molar-refractivity contribution is 0.0649. The van der Waals surface area contributed by atoms with E-state index in [1.165, 1.54) is 11.8 Å². The minimum atomic E-state index is -3.43. The summed E-state index contributed by atoms with van der Waals surface area (Å²) in [5.41, 5.74) is 0.847. The van der Waals surface area contributed by atoms with Gasteiger partial charge in [0.2, 0.25) is 0 Å². The molecule has 0 atom stereocenters. The predicted molar refractivity (Wildman–Crippen MR) is 76.5 cm³/mol. The third-order valence-corrected chi connectivity index (χ3v) is 4.50. The third kappa shape index (κ3) is 3.48. The van der Waals surface area contributed by atoms with Crippen LogP contribution < -0.4 is 0 Å². The first kappa shape index (κ1) is 15.7. The summed E-state index contributed by atoms with van der Waals surface area (Å²) in [7, 11) is -3.43. The van der Waals surface area contributed by atoms with Gasteiger partial charge in [-0.1, -0.05) is 12.1 Å². The van der Waals surface area contributed by atoms with Gasteiger partial charge in [-0.05, 0) is 31.9 Å². The van der Waals surface area contributed by atoms with Gasteiger partial charge in [-0.3, -0.25) is 18.7 Å². The first-order valence-corrected chi connectivity index (χ1v) is 8.36. The second-order valence-electron chi connectivity index (χ2n) is 4.68. The van der Waals surface area contributed by atoms with Crippen LogP contribution in [0.1, 0.15) is 40.5 Å². The molecule has 1 aliphatic rings. The van der Waals surface area contributed by atoms with Crippen LogP contribution in [0.4, 0.5) is 0 Å². The number of benzene rings is 1. The molecule has 0 saturated heterocycles. The Kier molecular flexibility index (Phi) is 4.74. The fourth-order valence-corrected chi connectivity index (χ4v) is 2.62. The molecule has 6 nitrogen and oxygen atoms in total. The number of carbonyl (C=O) groups excluding carboxylic acids is 2. The van der Waals surface area contributed by atoms with Crippen LogP contribution in [0.5, 0.6) is 0 Å². The maximum absolute atomic E-state index is 12.1. The first-order chi connectivity index (χ1) is 9.96. The number of carbonyl (C=O) groups is 2. The summed E-state index contributed by atoms with van der Waals surface area (Å²) in [4.78, 5) is 25.3. The van der Waals surface area contributed by atoms with Gasteiger partial charge in [0.25, 0.3) is 21.9 Å². The van der Waals surface area contributed by atoms with E-state index in [-0.39, 0.29) is 30.7 Å². The van der Waals surface area contributed by atoms with Gasteiger partial charge >= 0.3 is 0 Å². The molecule has 2 rings (SSSR count). The standard InChI is InChI=1S/C14H17NO5S/c1-2-21(18,19)20-10-6-5-9-15-13(16)11-7-3-4-8-12(11)14(15)17/h3-4,7-8H,2,5-6,9-10H2,1H3. The minimum Gasteiger partial charge on any atom is -0.274 e. The number of nitrogens with zero attached hydrogens (tertiary/aromatic N) is 1. The molecule has 7 heteroatoms. The van der Waals surface area contributed by atoms with Crippen molar-refractivity contribution in [3.8, 4) is 0 Å². The number of fused-ring (bicyclic) bond motifs is 1. The van der Waals surface area contributed by atoms with Gasteiger partial charge in [-0.25, -0.2) is 0 Å². The molecule has 0 aliphatic carbocycles. The maximum Gasteiger partial charge on any atom is 0.267 e. The summed E-state index contributed by atoms with van der Waals surface area (Å²) in [6.45, 7) is 1.84. The molecule has 2 amide bonds. The van der Waals surface area contributed by atoms with Gasteiger partial charge < -0.3 is 0 Å². The van der Waals surface area contributed by atoms with Crippen LogP contribution in [-0.4, -0.2) is 44.0 Å². The average molecular weight is 311 g/mol. The quantitative estimate of drug-likeness (QED) is 0.432. The largest absolute Gasteiger partial charge is 0.274 e. The summed E-state index contributed by atoms with van der Waals surface area (Å²) < 4.78 is 27.0. The Morgan fingerprint density at radius 2 is 1.62 bits per heavy atom. The molecule has 1 aromatic rings. The van der Waals surface area contributed by atoms with Crippen molar-refractivity contribution in [2.45, 2.75) is 19.8 Å². The number of unbranched alkanes of at least 4 members (excludes halogenated alkanes) is 1. The van der Waals surface area contributed by atoms with Crippen molar-refractivity contribution >= 4 is 21.9 Å². The van der Waals surface area contributed by atoms with Crippen LogP contribution in [-0.2, 0) is 14.3 Å². The van der Waals surface area contributed by atoms with E-state index in [2.05, 4.69) is 0 Å². The molecule has 0 aromatic heterocycles. The molecule has 1 aromatic carbocycles. The molecule has 0 spiro atoms. The van der Waals surface area contributed by atoms with Crippen LogP contribution in [0, 0.1) is 0 Å². The Hall–Kier alpha value is -1.73. The van der Waals surface area contributed by atoms with Gasteiger partial charge in [-0.15, -0.1) is 0 Å². The minimum absolute atomic E-state index is 0.0641. The van der Waals surface area contributed by atoms with Crippen molar-refractivity contribution in [3.63, 3.8) is 0 Å². The van der Waals surface area contributed by atoms with E-state index in [1.807, 2.05) is 0 Å². The zero-order valence-electron chi connectivity index (χ0n) is 11.7. The zero-order chi connectivity index (χ0) is 15.5. The molecule has 0 saturated carbocycles. The Morgan fingerprint density at radius 3 is 2.14 bits per heavy atom. The maximum atomic E-state index is 12.1. The van der Waals surface area contributed by atoms with E-state index in [1.54, 1.807) is 24.3 Å². The Bertz CT molecular complexity index is 618. The van der Waals surface area contributed by atoms with Crippen molar-refractivity contribution in [3.05, 3.63) is 35.4 Å². The molecule has 0 fully saturated rings. The summed E-state index contributed by atoms with van der Waals surface area (Å²) in [6, 6.07) is 6.70. The Balaban J connectivity index is 1.83. The highest BCUT2D eigenvalue weighted by Gasteiger charge is 2.34. The number of amides is 2. The van der Waals surface area contributed by atoms with Crippen molar-refractivity contribution in [2.75, 3.05) is 18.9 Å². The highest BCUT2D eigenvalue weighted by molar-refractivity contribution is 7.86.